The first-order chi connectivity index (χ1) is 15.0. The van der Waals surface area contributed by atoms with E-state index in [0.29, 0.717) is 47.7 Å². The number of methoxy groups -OCH3 is 1. The predicted octanol–water partition coefficient (Wildman–Crippen LogP) is 5.28. The molecule has 0 aliphatic carbocycles. The van der Waals surface area contributed by atoms with Gasteiger partial charge in [-0.2, -0.15) is 0 Å². The van der Waals surface area contributed by atoms with E-state index in [2.05, 4.69) is 18.8 Å². The second-order valence-electron chi connectivity index (χ2n) is 8.42. The molecule has 1 N–H and O–H groups in total. The minimum atomic E-state index is -0.0589. The van der Waals surface area contributed by atoms with Gasteiger partial charge >= 0.3 is 0 Å². The number of ether oxygens (including phenoxy) is 2. The summed E-state index contributed by atoms with van der Waals surface area (Å²) in [7, 11) is 1.56. The largest absolute Gasteiger partial charge is 0.493 e. The molecule has 0 radical (unpaired) electrons. The highest BCUT2D eigenvalue weighted by Gasteiger charge is 2.28. The summed E-state index contributed by atoms with van der Waals surface area (Å²) in [4.78, 5) is 23.3. The molecule has 1 unspecified atom stereocenters. The fourth-order valence-corrected chi connectivity index (χ4v) is 4.23. The first-order valence-electron chi connectivity index (χ1n) is 10.7. The van der Waals surface area contributed by atoms with Crippen LogP contribution in [0, 0.1) is 5.92 Å². The number of piperidine rings is 1. The number of nitrogens with one attached hydrogen (secondary N) is 1. The van der Waals surface area contributed by atoms with E-state index in [1.807, 2.05) is 29.2 Å². The van der Waals surface area contributed by atoms with Crippen molar-refractivity contribution in [3.63, 3.8) is 0 Å². The van der Waals surface area contributed by atoms with Crippen LogP contribution in [0.3, 0.4) is 0 Å². The van der Waals surface area contributed by atoms with Gasteiger partial charge in [0, 0.05) is 24.6 Å². The van der Waals surface area contributed by atoms with Gasteiger partial charge in [-0.25, -0.2) is 4.98 Å². The zero-order valence-corrected chi connectivity index (χ0v) is 18.9. The number of hydrogen-bond donors (Lipinski definition) is 1. The van der Waals surface area contributed by atoms with E-state index in [9.17, 15) is 4.79 Å². The molecule has 3 aromatic rings. The number of H-pyrrole nitrogens is 1. The lowest BCUT2D eigenvalue weighted by Crippen LogP contribution is -2.39. The molecule has 1 atom stereocenters. The van der Waals surface area contributed by atoms with Crippen molar-refractivity contribution in [1.29, 1.82) is 0 Å². The minimum absolute atomic E-state index is 0.0589. The van der Waals surface area contributed by atoms with Gasteiger partial charge in [-0.3, -0.25) is 4.79 Å². The average Bonchev–Trinajstić information content (AvgIpc) is 3.21. The SMILES string of the molecule is COc1cc(C(=O)N2CCCC(c3nc4ccccc4[nH]3)C2)cc(Cl)c1OCC(C)C. The Hall–Kier alpha value is -2.73. The summed E-state index contributed by atoms with van der Waals surface area (Å²) in [6.45, 7) is 5.97. The van der Waals surface area contributed by atoms with Crippen molar-refractivity contribution in [2.24, 2.45) is 5.92 Å². The third kappa shape index (κ3) is 4.64. The van der Waals surface area contributed by atoms with Gasteiger partial charge in [-0.15, -0.1) is 0 Å². The van der Waals surface area contributed by atoms with Crippen molar-refractivity contribution < 1.29 is 14.3 Å². The van der Waals surface area contributed by atoms with Crippen LogP contribution in [0.5, 0.6) is 11.5 Å². The van der Waals surface area contributed by atoms with Crippen LogP contribution in [0.4, 0.5) is 0 Å². The Kier molecular flexibility index (Phi) is 6.37. The average molecular weight is 442 g/mol. The smallest absolute Gasteiger partial charge is 0.254 e. The second kappa shape index (κ2) is 9.18. The number of nitrogens with zero attached hydrogens (tertiary/aromatic N) is 2. The van der Waals surface area contributed by atoms with Crippen molar-refractivity contribution in [2.75, 3.05) is 26.8 Å². The van der Waals surface area contributed by atoms with Gasteiger partial charge in [0.25, 0.3) is 5.91 Å². The number of carbonyl (C=O) groups is 1. The molecule has 0 spiro atoms. The number of halogens is 1. The molecular formula is C24H28ClN3O3. The molecule has 1 fully saturated rings. The fourth-order valence-electron chi connectivity index (χ4n) is 3.97. The predicted molar refractivity (Wildman–Crippen MR) is 122 cm³/mol. The molecule has 31 heavy (non-hydrogen) atoms. The molecule has 6 nitrogen and oxygen atoms in total. The molecule has 0 saturated carbocycles. The lowest BCUT2D eigenvalue weighted by atomic mass is 9.96. The third-order valence-electron chi connectivity index (χ3n) is 5.54. The number of rotatable bonds is 6. The topological polar surface area (TPSA) is 67.5 Å². The quantitative estimate of drug-likeness (QED) is 0.565. The highest BCUT2D eigenvalue weighted by atomic mass is 35.5. The first-order valence-corrected chi connectivity index (χ1v) is 11.1. The molecule has 2 heterocycles. The van der Waals surface area contributed by atoms with Crippen LogP contribution in [0.2, 0.25) is 5.02 Å². The summed E-state index contributed by atoms with van der Waals surface area (Å²) < 4.78 is 11.3. The zero-order valence-electron chi connectivity index (χ0n) is 18.2. The van der Waals surface area contributed by atoms with E-state index in [-0.39, 0.29) is 11.8 Å². The number of fused-ring (bicyclic) bond motifs is 1. The van der Waals surface area contributed by atoms with Crippen molar-refractivity contribution in [2.45, 2.75) is 32.6 Å². The third-order valence-corrected chi connectivity index (χ3v) is 5.82. The van der Waals surface area contributed by atoms with Crippen molar-refractivity contribution in [3.8, 4) is 11.5 Å². The standard InChI is InChI=1S/C24H28ClN3O3/c1-15(2)14-31-22-18(25)11-17(12-21(22)30-3)24(29)28-10-6-7-16(13-28)23-26-19-8-4-5-9-20(19)27-23/h4-5,8-9,11-12,15-16H,6-7,10,13-14H2,1-3H3,(H,26,27). The molecule has 1 aliphatic heterocycles. The summed E-state index contributed by atoms with van der Waals surface area (Å²) >= 11 is 6.46. The molecule has 1 aromatic heterocycles. The Balaban J connectivity index is 1.53. The normalized spacial score (nSPS) is 16.7. The lowest BCUT2D eigenvalue weighted by molar-refractivity contribution is 0.0704. The van der Waals surface area contributed by atoms with Crippen LogP contribution in [-0.4, -0.2) is 47.6 Å². The summed E-state index contributed by atoms with van der Waals surface area (Å²) in [6, 6.07) is 11.4. The molecule has 1 amide bonds. The maximum atomic E-state index is 13.3. The van der Waals surface area contributed by atoms with Gasteiger partial charge in [-0.05, 0) is 43.0 Å². The Morgan fingerprint density at radius 3 is 2.87 bits per heavy atom. The molecule has 4 rings (SSSR count). The van der Waals surface area contributed by atoms with Crippen LogP contribution >= 0.6 is 11.6 Å². The molecule has 1 saturated heterocycles. The van der Waals surface area contributed by atoms with Gasteiger partial charge in [0.2, 0.25) is 0 Å². The van der Waals surface area contributed by atoms with E-state index in [0.717, 1.165) is 29.7 Å². The summed E-state index contributed by atoms with van der Waals surface area (Å²) in [5.41, 5.74) is 2.48. The lowest BCUT2D eigenvalue weighted by Gasteiger charge is -2.32. The summed E-state index contributed by atoms with van der Waals surface area (Å²) in [5, 5.41) is 0.384. The number of carbonyl (C=O) groups excluding carboxylic acids is 1. The molecule has 1 aliphatic rings. The second-order valence-corrected chi connectivity index (χ2v) is 8.83. The van der Waals surface area contributed by atoms with Crippen LogP contribution < -0.4 is 9.47 Å². The van der Waals surface area contributed by atoms with Gasteiger partial charge < -0.3 is 19.4 Å². The molecule has 164 valence electrons. The van der Waals surface area contributed by atoms with E-state index in [1.165, 1.54) is 0 Å². The van der Waals surface area contributed by atoms with Crippen LogP contribution in [-0.2, 0) is 0 Å². The highest BCUT2D eigenvalue weighted by molar-refractivity contribution is 6.32. The number of amides is 1. The molecule has 2 aromatic carbocycles. The highest BCUT2D eigenvalue weighted by Crippen LogP contribution is 2.37. The number of imidazole rings is 1. The Labute approximate surface area is 187 Å². The number of aromatic amines is 1. The van der Waals surface area contributed by atoms with Gasteiger partial charge in [0.1, 0.15) is 5.82 Å². The van der Waals surface area contributed by atoms with Crippen molar-refractivity contribution in [3.05, 3.63) is 52.8 Å². The number of aromatic nitrogens is 2. The number of hydrogen-bond acceptors (Lipinski definition) is 4. The number of para-hydroxylation sites is 2. The fraction of sp³-hybridized carbons (Fsp3) is 0.417. The first kappa shape index (κ1) is 21.5. The van der Waals surface area contributed by atoms with Crippen LogP contribution in [0.15, 0.2) is 36.4 Å². The van der Waals surface area contributed by atoms with E-state index >= 15 is 0 Å². The molecular weight excluding hydrogens is 414 g/mol. The number of likely N-dealkylation sites (tertiary alicyclic amines) is 1. The minimum Gasteiger partial charge on any atom is -0.493 e. The van der Waals surface area contributed by atoms with E-state index < -0.39 is 0 Å². The van der Waals surface area contributed by atoms with E-state index in [4.69, 9.17) is 26.1 Å². The van der Waals surface area contributed by atoms with Crippen LogP contribution in [0.25, 0.3) is 11.0 Å². The maximum absolute atomic E-state index is 13.3. The van der Waals surface area contributed by atoms with Gasteiger partial charge in [0.05, 0.1) is 29.8 Å². The maximum Gasteiger partial charge on any atom is 0.254 e. The van der Waals surface area contributed by atoms with E-state index in [1.54, 1.807) is 19.2 Å². The zero-order chi connectivity index (χ0) is 22.0. The van der Waals surface area contributed by atoms with Crippen LogP contribution in [0.1, 0.15) is 48.8 Å². The van der Waals surface area contributed by atoms with Gasteiger partial charge in [-0.1, -0.05) is 37.6 Å². The van der Waals surface area contributed by atoms with Crippen molar-refractivity contribution in [1.82, 2.24) is 14.9 Å². The molecule has 7 heteroatoms. The Bertz CT molecular complexity index is 1050. The van der Waals surface area contributed by atoms with Gasteiger partial charge in [0.15, 0.2) is 11.5 Å². The summed E-state index contributed by atoms with van der Waals surface area (Å²) in [6.07, 6.45) is 1.92. The number of benzene rings is 2. The molecule has 0 bridgehead atoms. The monoisotopic (exact) mass is 441 g/mol. The summed E-state index contributed by atoms with van der Waals surface area (Å²) in [5.74, 6) is 2.36. The Morgan fingerprint density at radius 1 is 1.32 bits per heavy atom. The van der Waals surface area contributed by atoms with Crippen molar-refractivity contribution >= 4 is 28.5 Å². The Morgan fingerprint density at radius 2 is 2.13 bits per heavy atom.